The van der Waals surface area contributed by atoms with Gasteiger partial charge in [0.25, 0.3) is 0 Å². The maximum Gasteiger partial charge on any atom is 0.333 e. The largest absolute Gasteiger partial charge is 0.459 e. The van der Waals surface area contributed by atoms with Crippen molar-refractivity contribution in [3.63, 3.8) is 0 Å². The first-order chi connectivity index (χ1) is 32.2. The van der Waals surface area contributed by atoms with E-state index in [1.54, 1.807) is 103 Å². The Kier molecular flexibility index (Phi) is 10.3. The number of carbonyl (C=O) groups is 4. The number of rotatable bonds is 8. The van der Waals surface area contributed by atoms with Gasteiger partial charge in [-0.1, -0.05) is 109 Å². The summed E-state index contributed by atoms with van der Waals surface area (Å²) in [6.45, 7) is -0.393. The number of nitrogens with zero attached hydrogens (tertiary/aromatic N) is 6. The molecule has 0 spiro atoms. The maximum atomic E-state index is 15.3. The van der Waals surface area contributed by atoms with Gasteiger partial charge in [-0.2, -0.15) is 21.0 Å². The molecule has 15 heteroatoms. The first kappa shape index (κ1) is 41.3. The second-order valence-electron chi connectivity index (χ2n) is 14.9. The number of carbonyl (C=O) groups excluding carboxylic acids is 4. The summed E-state index contributed by atoms with van der Waals surface area (Å²) >= 11 is 3.48. The zero-order valence-corrected chi connectivity index (χ0v) is 36.3. The first-order valence-corrected chi connectivity index (χ1v) is 22.4. The van der Waals surface area contributed by atoms with Gasteiger partial charge in [0.2, 0.25) is 17.0 Å². The molecule has 0 unspecified atom stereocenters. The lowest BCUT2D eigenvalue weighted by Crippen LogP contribution is -2.45. The number of thiophene rings is 3. The summed E-state index contributed by atoms with van der Waals surface area (Å²) in [7, 11) is 0. The van der Waals surface area contributed by atoms with E-state index >= 15 is 9.59 Å². The van der Waals surface area contributed by atoms with Crippen LogP contribution >= 0.6 is 34.0 Å². The van der Waals surface area contributed by atoms with Crippen molar-refractivity contribution >= 4 is 99.5 Å². The number of ketones is 2. The van der Waals surface area contributed by atoms with Crippen molar-refractivity contribution in [3.05, 3.63) is 177 Å². The minimum absolute atomic E-state index is 0.0787. The summed E-state index contributed by atoms with van der Waals surface area (Å²) in [5, 5.41) is 40.2. The van der Waals surface area contributed by atoms with Gasteiger partial charge in [-0.25, -0.2) is 9.98 Å². The zero-order chi connectivity index (χ0) is 45.7. The third-order valence-corrected chi connectivity index (χ3v) is 14.8. The van der Waals surface area contributed by atoms with Crippen LogP contribution in [0.1, 0.15) is 54.1 Å². The number of nitriles is 4. The van der Waals surface area contributed by atoms with Crippen LogP contribution in [-0.2, 0) is 37.7 Å². The molecule has 0 saturated carbocycles. The normalized spacial score (nSPS) is 15.0. The molecule has 0 N–H and O–H groups in total. The second-order valence-corrected chi connectivity index (χ2v) is 18.0. The van der Waals surface area contributed by atoms with E-state index in [0.717, 1.165) is 22.7 Å². The van der Waals surface area contributed by atoms with Gasteiger partial charge in [0.15, 0.2) is 0 Å². The Labute approximate surface area is 386 Å². The molecule has 312 valence electrons. The van der Waals surface area contributed by atoms with Crippen LogP contribution in [0, 0.1) is 45.3 Å². The first-order valence-electron chi connectivity index (χ1n) is 19.9. The predicted octanol–water partition coefficient (Wildman–Crippen LogP) is 10.3. The van der Waals surface area contributed by atoms with Crippen molar-refractivity contribution < 1.29 is 28.7 Å². The third kappa shape index (κ3) is 6.43. The van der Waals surface area contributed by atoms with E-state index in [4.69, 9.17) is 19.5 Å². The highest BCUT2D eigenvalue weighted by atomic mass is 32.1. The Balaban J connectivity index is 1.18. The molecule has 3 heterocycles. The van der Waals surface area contributed by atoms with Crippen LogP contribution in [0.15, 0.2) is 142 Å². The highest BCUT2D eigenvalue weighted by Gasteiger charge is 2.61. The van der Waals surface area contributed by atoms with Crippen molar-refractivity contribution in [2.45, 2.75) is 18.6 Å². The molecule has 10 rings (SSSR count). The molecule has 4 aromatic carbocycles. The van der Waals surface area contributed by atoms with E-state index in [9.17, 15) is 30.6 Å². The van der Waals surface area contributed by atoms with Crippen LogP contribution in [-0.4, -0.2) is 34.9 Å². The predicted molar refractivity (Wildman–Crippen MR) is 248 cm³/mol. The number of hydrogen-bond acceptors (Lipinski definition) is 15. The maximum absolute atomic E-state index is 15.3. The number of benzene rings is 4. The van der Waals surface area contributed by atoms with Crippen molar-refractivity contribution in [2.24, 2.45) is 9.98 Å². The Morgan fingerprint density at radius 1 is 0.545 bits per heavy atom. The second kappa shape index (κ2) is 16.5. The van der Waals surface area contributed by atoms with Crippen molar-refractivity contribution in [1.29, 1.82) is 21.0 Å². The van der Waals surface area contributed by atoms with E-state index in [1.807, 2.05) is 36.4 Å². The molecule has 0 radical (unpaired) electrons. The monoisotopic (exact) mass is 912 g/mol. The third-order valence-electron chi connectivity index (χ3n) is 11.3. The van der Waals surface area contributed by atoms with Gasteiger partial charge in [0.05, 0.1) is 14.5 Å². The van der Waals surface area contributed by atoms with Crippen molar-refractivity contribution in [2.75, 3.05) is 0 Å². The number of Topliss-reactive ketones (excluding diaryl/α,β-unsaturated/α-hetero) is 2. The molecule has 0 atom stereocenters. The average Bonchev–Trinajstić information content (AvgIpc) is 4.18. The lowest BCUT2D eigenvalue weighted by molar-refractivity contribution is -0.164. The number of aliphatic imine (C=N–C) groups is 2. The van der Waals surface area contributed by atoms with E-state index in [-0.39, 0.29) is 68.6 Å². The molecule has 0 saturated heterocycles. The minimum atomic E-state index is -2.26. The molecule has 12 nitrogen and oxygen atoms in total. The topological polar surface area (TPSA) is 207 Å². The van der Waals surface area contributed by atoms with Gasteiger partial charge in [0, 0.05) is 38.1 Å². The fraction of sp³-hybridized carbons (Fsp3) is 0.0588. The van der Waals surface area contributed by atoms with E-state index in [0.29, 0.717) is 52.0 Å². The van der Waals surface area contributed by atoms with Gasteiger partial charge >= 0.3 is 11.9 Å². The number of hydrogen-bond donors (Lipinski definition) is 0. The Morgan fingerprint density at radius 3 is 1.45 bits per heavy atom. The zero-order valence-electron chi connectivity index (χ0n) is 33.8. The van der Waals surface area contributed by atoms with E-state index < -0.39 is 28.9 Å². The fourth-order valence-corrected chi connectivity index (χ4v) is 12.2. The molecule has 3 aliphatic rings. The summed E-state index contributed by atoms with van der Waals surface area (Å²) in [6, 6.07) is 42.0. The van der Waals surface area contributed by atoms with Gasteiger partial charge in [-0.3, -0.25) is 19.2 Å². The van der Waals surface area contributed by atoms with Gasteiger partial charge in [-0.05, 0) is 34.4 Å². The summed E-state index contributed by atoms with van der Waals surface area (Å²) in [5.41, 5.74) is 0.258. The molecule has 0 bridgehead atoms. The average molecular weight is 913 g/mol. The van der Waals surface area contributed by atoms with Crippen molar-refractivity contribution in [1.82, 2.24) is 0 Å². The summed E-state index contributed by atoms with van der Waals surface area (Å²) in [4.78, 5) is 68.8. The van der Waals surface area contributed by atoms with Gasteiger partial charge in [-0.15, -0.1) is 34.0 Å². The SMILES string of the molecule is N#CC(C#N)=C1/C(=N/c2cc3c(s2)-c2sc4cc(/N=C5\C(=O)c6ccccc6C5=C(C#N)C#N)sc4c2C3(C(=O)OCc2ccccc2)C(=O)OCc2ccccc2)C(=O)c2ccccc21. The fourth-order valence-electron chi connectivity index (χ4n) is 8.37. The summed E-state index contributed by atoms with van der Waals surface area (Å²) in [6.07, 6.45) is 0. The highest BCUT2D eigenvalue weighted by Crippen LogP contribution is 2.62. The van der Waals surface area contributed by atoms with Crippen LogP contribution in [0.5, 0.6) is 0 Å². The summed E-state index contributed by atoms with van der Waals surface area (Å²) < 4.78 is 13.3. The molecule has 3 aliphatic carbocycles. The lowest BCUT2D eigenvalue weighted by Gasteiger charge is -2.26. The molecule has 0 amide bonds. The molecule has 0 fully saturated rings. The van der Waals surface area contributed by atoms with Crippen LogP contribution in [0.2, 0.25) is 0 Å². The van der Waals surface area contributed by atoms with E-state index in [2.05, 4.69) is 0 Å². The Morgan fingerprint density at radius 2 is 0.985 bits per heavy atom. The molecule has 7 aromatic rings. The van der Waals surface area contributed by atoms with Crippen molar-refractivity contribution in [3.8, 4) is 34.0 Å². The van der Waals surface area contributed by atoms with Gasteiger partial charge < -0.3 is 9.47 Å². The minimum Gasteiger partial charge on any atom is -0.459 e. The molecule has 3 aromatic heterocycles. The quantitative estimate of drug-likeness (QED) is 0.0800. The molecular formula is C51H24N6O6S3. The Bertz CT molecular complexity index is 3530. The van der Waals surface area contributed by atoms with Gasteiger partial charge in [0.1, 0.15) is 70.1 Å². The lowest BCUT2D eigenvalue weighted by atomic mass is 9.79. The van der Waals surface area contributed by atoms with Crippen LogP contribution < -0.4 is 0 Å². The molecular weight excluding hydrogens is 889 g/mol. The number of allylic oxidation sites excluding steroid dienone is 4. The highest BCUT2D eigenvalue weighted by molar-refractivity contribution is 7.33. The molecule has 66 heavy (non-hydrogen) atoms. The smallest absolute Gasteiger partial charge is 0.333 e. The van der Waals surface area contributed by atoms with Crippen LogP contribution in [0.3, 0.4) is 0 Å². The number of fused-ring (bicyclic) bond motifs is 7. The van der Waals surface area contributed by atoms with E-state index in [1.165, 1.54) is 17.4 Å². The number of esters is 2. The van der Waals surface area contributed by atoms with Crippen LogP contribution in [0.4, 0.5) is 10.0 Å². The summed E-state index contributed by atoms with van der Waals surface area (Å²) in [5.74, 6) is -2.85. The number of ether oxygens (including phenoxy) is 2. The standard InChI is InChI=1S/C51H24N6O6S3/c52-21-29(22-53)39-31-15-7-9-17-33(31)44(58)42(39)56-37-19-35-46(65-37)48-41(51(35,49(60)62-25-27-11-3-1-4-12-27)50(61)63-26-28-13-5-2-6-14-28)47-36(64-48)20-38(66-47)57-43-40(30(23-54)24-55)32-16-8-10-18-34(32)45(43)59/h1-20H,25-26H2/b56-42-,57-43-. The van der Waals surface area contributed by atoms with Crippen LogP contribution in [0.25, 0.3) is 30.3 Å². The Hall–Kier alpha value is -8.70. The molecule has 0 aliphatic heterocycles.